The lowest BCUT2D eigenvalue weighted by molar-refractivity contribution is 0.0600. The number of thiazole rings is 1. The molecule has 6 nitrogen and oxygen atoms in total. The predicted octanol–water partition coefficient (Wildman–Crippen LogP) is 4.44. The van der Waals surface area contributed by atoms with Gasteiger partial charge in [0.15, 0.2) is 5.13 Å². The van der Waals surface area contributed by atoms with Crippen LogP contribution in [0.2, 0.25) is 0 Å². The molecule has 0 aliphatic carbocycles. The van der Waals surface area contributed by atoms with Gasteiger partial charge >= 0.3 is 5.97 Å². The fourth-order valence-electron chi connectivity index (χ4n) is 2.80. The Morgan fingerprint density at radius 3 is 2.33 bits per heavy atom. The number of likely N-dealkylation sites (N-methyl/N-ethyl adjacent to an activating group) is 1. The van der Waals surface area contributed by atoms with E-state index in [0.29, 0.717) is 29.3 Å². The highest BCUT2D eigenvalue weighted by Crippen LogP contribution is 2.34. The van der Waals surface area contributed by atoms with E-state index >= 15 is 0 Å². The number of fused-ring (bicyclic) bond motifs is 1. The minimum absolute atomic E-state index is 0. The van der Waals surface area contributed by atoms with Gasteiger partial charge in [0.25, 0.3) is 5.91 Å². The molecule has 3 aromatic rings. The van der Waals surface area contributed by atoms with Crippen LogP contribution in [0.4, 0.5) is 5.13 Å². The topological polar surface area (TPSA) is 62.7 Å². The summed E-state index contributed by atoms with van der Waals surface area (Å²) in [6, 6.07) is 12.6. The van der Waals surface area contributed by atoms with Crippen molar-refractivity contribution in [1.82, 2.24) is 9.88 Å². The minimum atomic E-state index is -0.427. The highest BCUT2D eigenvalue weighted by atomic mass is 35.5. The van der Waals surface area contributed by atoms with Crippen LogP contribution in [0.25, 0.3) is 10.2 Å². The lowest BCUT2D eigenvalue weighted by atomic mass is 10.1. The van der Waals surface area contributed by atoms with Crippen molar-refractivity contribution in [2.45, 2.75) is 4.90 Å². The van der Waals surface area contributed by atoms with Crippen LogP contribution >= 0.6 is 35.5 Å². The number of esters is 1. The molecule has 0 atom stereocenters. The number of thioether (sulfide) groups is 1. The van der Waals surface area contributed by atoms with Crippen molar-refractivity contribution >= 4 is 62.7 Å². The number of ether oxygens (including phenoxy) is 1. The normalized spacial score (nSPS) is 10.7. The van der Waals surface area contributed by atoms with E-state index in [1.807, 2.05) is 43.5 Å². The third-order valence-electron chi connectivity index (χ3n) is 4.39. The van der Waals surface area contributed by atoms with Gasteiger partial charge in [-0.2, -0.15) is 0 Å². The van der Waals surface area contributed by atoms with Gasteiger partial charge in [-0.05, 0) is 56.7 Å². The Bertz CT molecular complexity index is 1020. The van der Waals surface area contributed by atoms with Crippen LogP contribution in [0.3, 0.4) is 0 Å². The van der Waals surface area contributed by atoms with E-state index in [2.05, 4.69) is 0 Å². The fourth-order valence-corrected chi connectivity index (χ4v) is 4.44. The number of hydrogen-bond acceptors (Lipinski definition) is 7. The molecule has 9 heteroatoms. The molecule has 0 spiro atoms. The number of anilines is 1. The van der Waals surface area contributed by atoms with Crippen molar-refractivity contribution in [3.05, 3.63) is 53.6 Å². The Morgan fingerprint density at radius 2 is 1.73 bits per heavy atom. The number of amides is 1. The summed E-state index contributed by atoms with van der Waals surface area (Å²) in [4.78, 5) is 34.6. The van der Waals surface area contributed by atoms with E-state index < -0.39 is 5.97 Å². The van der Waals surface area contributed by atoms with Gasteiger partial charge in [-0.25, -0.2) is 9.78 Å². The molecular weight excluding hydrogens is 442 g/mol. The molecular formula is C21H24ClN3O3S2. The predicted molar refractivity (Wildman–Crippen MR) is 127 cm³/mol. The van der Waals surface area contributed by atoms with Gasteiger partial charge in [-0.3, -0.25) is 9.69 Å². The number of nitrogens with zero attached hydrogens (tertiary/aromatic N) is 3. The lowest BCUT2D eigenvalue weighted by Gasteiger charge is -2.22. The van der Waals surface area contributed by atoms with Crippen LogP contribution in [0.5, 0.6) is 0 Å². The first-order chi connectivity index (χ1) is 13.9. The van der Waals surface area contributed by atoms with Crippen LogP contribution < -0.4 is 4.90 Å². The van der Waals surface area contributed by atoms with Crippen LogP contribution in [-0.4, -0.2) is 62.3 Å². The summed E-state index contributed by atoms with van der Waals surface area (Å²) < 4.78 is 5.78. The fraction of sp³-hybridized carbons (Fsp3) is 0.286. The molecule has 1 heterocycles. The van der Waals surface area contributed by atoms with Crippen molar-refractivity contribution in [1.29, 1.82) is 0 Å². The van der Waals surface area contributed by atoms with Crippen molar-refractivity contribution in [2.75, 3.05) is 45.5 Å². The summed E-state index contributed by atoms with van der Waals surface area (Å²) in [7, 11) is 5.27. The molecule has 0 unspecified atom stereocenters. The van der Waals surface area contributed by atoms with Crippen molar-refractivity contribution in [2.24, 2.45) is 0 Å². The maximum Gasteiger partial charge on any atom is 0.337 e. The molecule has 30 heavy (non-hydrogen) atoms. The Kier molecular flexibility index (Phi) is 8.66. The van der Waals surface area contributed by atoms with Crippen LogP contribution in [0.15, 0.2) is 47.4 Å². The second kappa shape index (κ2) is 10.8. The van der Waals surface area contributed by atoms with E-state index in [4.69, 9.17) is 9.72 Å². The molecule has 0 N–H and O–H groups in total. The average Bonchev–Trinajstić information content (AvgIpc) is 3.17. The number of benzene rings is 2. The second-order valence-electron chi connectivity index (χ2n) is 6.63. The maximum atomic E-state index is 13.3. The summed E-state index contributed by atoms with van der Waals surface area (Å²) in [5.41, 5.74) is 1.83. The van der Waals surface area contributed by atoms with E-state index in [1.54, 1.807) is 40.9 Å². The van der Waals surface area contributed by atoms with Gasteiger partial charge in [0, 0.05) is 23.5 Å². The van der Waals surface area contributed by atoms with E-state index in [9.17, 15) is 9.59 Å². The number of methoxy groups -OCH3 is 1. The van der Waals surface area contributed by atoms with Gasteiger partial charge < -0.3 is 9.64 Å². The largest absolute Gasteiger partial charge is 0.465 e. The Balaban J connectivity index is 0.00000320. The Labute approximate surface area is 190 Å². The summed E-state index contributed by atoms with van der Waals surface area (Å²) >= 11 is 3.15. The van der Waals surface area contributed by atoms with E-state index in [0.717, 1.165) is 15.1 Å². The van der Waals surface area contributed by atoms with Gasteiger partial charge in [0.05, 0.1) is 22.9 Å². The second-order valence-corrected chi connectivity index (χ2v) is 8.49. The number of aromatic nitrogens is 1. The SMILES string of the molecule is COC(=O)c1ccc(C(=O)N(CCN(C)C)c2nc3c(SC)cccc3s2)cc1.Cl. The van der Waals surface area contributed by atoms with Crippen molar-refractivity contribution in [3.63, 3.8) is 0 Å². The zero-order valence-electron chi connectivity index (χ0n) is 17.2. The number of rotatable bonds is 7. The average molecular weight is 466 g/mol. The number of carbonyl (C=O) groups is 2. The highest BCUT2D eigenvalue weighted by molar-refractivity contribution is 7.98. The third kappa shape index (κ3) is 5.31. The molecule has 1 aromatic heterocycles. The number of halogens is 1. The highest BCUT2D eigenvalue weighted by Gasteiger charge is 2.22. The molecule has 0 bridgehead atoms. The first-order valence-corrected chi connectivity index (χ1v) is 11.1. The van der Waals surface area contributed by atoms with Crippen LogP contribution in [0.1, 0.15) is 20.7 Å². The standard InChI is InChI=1S/C21H23N3O3S2.ClH/c1-23(2)12-13-24(19(25)14-8-10-15(11-9-14)20(26)27-3)21-22-18-16(28-4)6-5-7-17(18)29-21;/h5-11H,12-13H2,1-4H3;1H. The molecule has 3 rings (SSSR count). The number of carbonyl (C=O) groups excluding carboxylic acids is 2. The number of hydrogen-bond donors (Lipinski definition) is 0. The van der Waals surface area contributed by atoms with Crippen molar-refractivity contribution in [3.8, 4) is 0 Å². The minimum Gasteiger partial charge on any atom is -0.465 e. The van der Waals surface area contributed by atoms with E-state index in [1.165, 1.54) is 18.4 Å². The molecule has 1 amide bonds. The summed E-state index contributed by atoms with van der Waals surface area (Å²) in [6.45, 7) is 1.22. The summed E-state index contributed by atoms with van der Waals surface area (Å²) in [6.07, 6.45) is 2.02. The van der Waals surface area contributed by atoms with Gasteiger partial charge in [0.1, 0.15) is 0 Å². The van der Waals surface area contributed by atoms with Gasteiger partial charge in [-0.15, -0.1) is 24.2 Å². The molecule has 0 saturated carbocycles. The monoisotopic (exact) mass is 465 g/mol. The zero-order chi connectivity index (χ0) is 21.0. The first kappa shape index (κ1) is 24.1. The molecule has 0 aliphatic heterocycles. The van der Waals surface area contributed by atoms with E-state index in [-0.39, 0.29) is 18.3 Å². The molecule has 0 saturated heterocycles. The summed E-state index contributed by atoms with van der Waals surface area (Å²) in [5, 5.41) is 0.672. The maximum absolute atomic E-state index is 13.3. The van der Waals surface area contributed by atoms with Gasteiger partial charge in [0.2, 0.25) is 0 Å². The van der Waals surface area contributed by atoms with Crippen LogP contribution in [-0.2, 0) is 4.74 Å². The van der Waals surface area contributed by atoms with Gasteiger partial charge in [-0.1, -0.05) is 17.4 Å². The first-order valence-electron chi connectivity index (χ1n) is 9.03. The molecule has 0 aliphatic rings. The quantitative estimate of drug-likeness (QED) is 0.380. The van der Waals surface area contributed by atoms with Crippen LogP contribution in [0, 0.1) is 0 Å². The smallest absolute Gasteiger partial charge is 0.337 e. The molecule has 160 valence electrons. The summed E-state index contributed by atoms with van der Waals surface area (Å²) in [5.74, 6) is -0.572. The Hall–Kier alpha value is -2.13. The molecule has 0 radical (unpaired) electrons. The third-order valence-corrected chi connectivity index (χ3v) is 6.20. The number of para-hydroxylation sites is 1. The Morgan fingerprint density at radius 1 is 1.07 bits per heavy atom. The lowest BCUT2D eigenvalue weighted by Crippen LogP contribution is -2.36. The zero-order valence-corrected chi connectivity index (χ0v) is 19.7. The molecule has 2 aromatic carbocycles. The molecule has 0 fully saturated rings. The van der Waals surface area contributed by atoms with Crippen molar-refractivity contribution < 1.29 is 14.3 Å².